The highest BCUT2D eigenvalue weighted by Crippen LogP contribution is 2.37. The van der Waals surface area contributed by atoms with Crippen molar-refractivity contribution in [3.8, 4) is 0 Å². The fraction of sp³-hybridized carbons (Fsp3) is 1.00. The minimum absolute atomic E-state index is 0.444. The molecule has 0 aromatic heterocycles. The number of rotatable bonds is 7. The first-order valence-electron chi connectivity index (χ1n) is 8.74. The van der Waals surface area contributed by atoms with Crippen LogP contribution in [0.5, 0.6) is 0 Å². The average molecular weight is 282 g/mol. The van der Waals surface area contributed by atoms with E-state index in [9.17, 15) is 0 Å². The summed E-state index contributed by atoms with van der Waals surface area (Å²) in [5.74, 6) is 0.720. The first kappa shape index (κ1) is 16.3. The summed E-state index contributed by atoms with van der Waals surface area (Å²) >= 11 is 0. The smallest absolute Gasteiger partial charge is 0.0593 e. The zero-order chi connectivity index (χ0) is 14.4. The molecule has 1 N–H and O–H groups in total. The number of hydrogen-bond donors (Lipinski definition) is 1. The van der Waals surface area contributed by atoms with Gasteiger partial charge >= 0.3 is 0 Å². The maximum absolute atomic E-state index is 5.81. The molecule has 2 aliphatic rings. The van der Waals surface area contributed by atoms with Crippen LogP contribution < -0.4 is 5.32 Å². The molecule has 1 spiro atoms. The van der Waals surface area contributed by atoms with Gasteiger partial charge in [0.15, 0.2) is 0 Å². The van der Waals surface area contributed by atoms with Crippen molar-refractivity contribution in [3.05, 3.63) is 0 Å². The summed E-state index contributed by atoms with van der Waals surface area (Å²) in [6, 6.07) is 0.650. The van der Waals surface area contributed by atoms with Gasteiger partial charge in [0.1, 0.15) is 0 Å². The second-order valence-electron chi connectivity index (χ2n) is 7.07. The monoisotopic (exact) mass is 282 g/mol. The van der Waals surface area contributed by atoms with E-state index < -0.39 is 0 Å². The molecule has 1 atom stereocenters. The highest BCUT2D eigenvalue weighted by Gasteiger charge is 2.43. The van der Waals surface area contributed by atoms with Gasteiger partial charge < -0.3 is 10.1 Å². The van der Waals surface area contributed by atoms with Crippen molar-refractivity contribution >= 4 is 0 Å². The molecule has 0 aromatic rings. The molecule has 0 radical (unpaired) electrons. The van der Waals surface area contributed by atoms with Crippen molar-refractivity contribution in [1.29, 1.82) is 0 Å². The van der Waals surface area contributed by atoms with Crippen molar-refractivity contribution in [1.82, 2.24) is 10.2 Å². The lowest BCUT2D eigenvalue weighted by Crippen LogP contribution is -2.65. The predicted octanol–water partition coefficient (Wildman–Crippen LogP) is 3.05. The molecular weight excluding hydrogens is 248 g/mol. The lowest BCUT2D eigenvalue weighted by molar-refractivity contribution is 0.00569. The van der Waals surface area contributed by atoms with Crippen LogP contribution in [0, 0.1) is 5.92 Å². The van der Waals surface area contributed by atoms with Crippen LogP contribution >= 0.6 is 0 Å². The van der Waals surface area contributed by atoms with E-state index in [0.29, 0.717) is 11.6 Å². The molecule has 0 aromatic carbocycles. The van der Waals surface area contributed by atoms with Crippen molar-refractivity contribution in [2.24, 2.45) is 5.92 Å². The third-order valence-electron chi connectivity index (χ3n) is 5.27. The molecule has 1 aliphatic heterocycles. The van der Waals surface area contributed by atoms with Gasteiger partial charge in [0, 0.05) is 37.8 Å². The van der Waals surface area contributed by atoms with Crippen molar-refractivity contribution in [2.75, 3.05) is 32.8 Å². The number of ether oxygens (including phenoxy) is 1. The number of unbranched alkanes of at least 4 members (excludes halogenated alkanes) is 1. The van der Waals surface area contributed by atoms with Gasteiger partial charge in [-0.25, -0.2) is 0 Å². The first-order valence-corrected chi connectivity index (χ1v) is 8.74. The average Bonchev–Trinajstić information content (AvgIpc) is 2.89. The van der Waals surface area contributed by atoms with E-state index >= 15 is 0 Å². The second-order valence-corrected chi connectivity index (χ2v) is 7.07. The summed E-state index contributed by atoms with van der Waals surface area (Å²) < 4.78 is 5.81. The Bertz CT molecular complexity index is 274. The lowest BCUT2D eigenvalue weighted by Gasteiger charge is -2.49. The normalized spacial score (nSPS) is 26.7. The van der Waals surface area contributed by atoms with Gasteiger partial charge in [0.25, 0.3) is 0 Å². The van der Waals surface area contributed by atoms with Gasteiger partial charge in [-0.1, -0.05) is 40.0 Å². The maximum Gasteiger partial charge on any atom is 0.0593 e. The van der Waals surface area contributed by atoms with Crippen molar-refractivity contribution in [2.45, 2.75) is 70.9 Å². The molecule has 0 bridgehead atoms. The Morgan fingerprint density at radius 3 is 2.65 bits per heavy atom. The Morgan fingerprint density at radius 2 is 2.00 bits per heavy atom. The Morgan fingerprint density at radius 1 is 1.25 bits per heavy atom. The standard InChI is InChI=1S/C17H34N2O/c1-4-5-11-20-12-10-19-13-16(15(2)3)18-14-17(19)8-6-7-9-17/h15-16,18H,4-14H2,1-3H3. The summed E-state index contributed by atoms with van der Waals surface area (Å²) in [4.78, 5) is 2.76. The maximum atomic E-state index is 5.81. The molecule has 20 heavy (non-hydrogen) atoms. The fourth-order valence-corrected chi connectivity index (χ4v) is 3.75. The summed E-state index contributed by atoms with van der Waals surface area (Å²) in [5, 5.41) is 3.81. The quantitative estimate of drug-likeness (QED) is 0.726. The largest absolute Gasteiger partial charge is 0.380 e. The van der Waals surface area contributed by atoms with Crippen molar-refractivity contribution < 1.29 is 4.74 Å². The van der Waals surface area contributed by atoms with E-state index in [-0.39, 0.29) is 0 Å². The lowest BCUT2D eigenvalue weighted by atomic mass is 9.88. The SMILES string of the molecule is CCCCOCCN1CC(C(C)C)NCC12CCCC2. The zero-order valence-electron chi connectivity index (χ0n) is 13.8. The topological polar surface area (TPSA) is 24.5 Å². The van der Waals surface area contributed by atoms with Crippen LogP contribution in [0.15, 0.2) is 0 Å². The van der Waals surface area contributed by atoms with Gasteiger partial charge in [0.05, 0.1) is 6.61 Å². The molecule has 1 unspecified atom stereocenters. The Hall–Kier alpha value is -0.120. The minimum atomic E-state index is 0.444. The Labute approximate surface area is 125 Å². The van der Waals surface area contributed by atoms with Crippen LogP contribution in [-0.2, 0) is 4.74 Å². The second kappa shape index (κ2) is 7.77. The number of piperazine rings is 1. The van der Waals surface area contributed by atoms with Crippen LogP contribution in [0.2, 0.25) is 0 Å². The predicted molar refractivity (Wildman–Crippen MR) is 85.1 cm³/mol. The third kappa shape index (κ3) is 3.96. The molecule has 2 rings (SSSR count). The molecule has 3 nitrogen and oxygen atoms in total. The number of nitrogens with one attached hydrogen (secondary N) is 1. The van der Waals surface area contributed by atoms with Gasteiger partial charge in [-0.15, -0.1) is 0 Å². The Kier molecular flexibility index (Phi) is 6.31. The van der Waals surface area contributed by atoms with E-state index in [0.717, 1.165) is 25.7 Å². The minimum Gasteiger partial charge on any atom is -0.380 e. The summed E-state index contributed by atoms with van der Waals surface area (Å²) in [7, 11) is 0. The van der Waals surface area contributed by atoms with Crippen molar-refractivity contribution in [3.63, 3.8) is 0 Å². The fourth-order valence-electron chi connectivity index (χ4n) is 3.75. The molecular formula is C17H34N2O. The van der Waals surface area contributed by atoms with Gasteiger partial charge in [-0.3, -0.25) is 4.90 Å². The molecule has 1 heterocycles. The van der Waals surface area contributed by atoms with Crippen LogP contribution in [0.4, 0.5) is 0 Å². The molecule has 118 valence electrons. The van der Waals surface area contributed by atoms with Crippen LogP contribution in [0.1, 0.15) is 59.3 Å². The van der Waals surface area contributed by atoms with E-state index in [2.05, 4.69) is 31.0 Å². The summed E-state index contributed by atoms with van der Waals surface area (Å²) in [5.41, 5.74) is 0.444. The van der Waals surface area contributed by atoms with E-state index in [1.54, 1.807) is 0 Å². The van der Waals surface area contributed by atoms with Crippen LogP contribution in [0.3, 0.4) is 0 Å². The molecule has 2 fully saturated rings. The van der Waals surface area contributed by atoms with Gasteiger partial charge in [-0.2, -0.15) is 0 Å². The first-order chi connectivity index (χ1) is 9.68. The molecule has 1 saturated carbocycles. The van der Waals surface area contributed by atoms with Gasteiger partial charge in [0.2, 0.25) is 0 Å². The highest BCUT2D eigenvalue weighted by atomic mass is 16.5. The van der Waals surface area contributed by atoms with E-state index in [4.69, 9.17) is 4.74 Å². The molecule has 1 saturated heterocycles. The van der Waals surface area contributed by atoms with E-state index in [1.807, 2.05) is 0 Å². The van der Waals surface area contributed by atoms with Gasteiger partial charge in [-0.05, 0) is 25.2 Å². The number of hydrogen-bond acceptors (Lipinski definition) is 3. The van der Waals surface area contributed by atoms with Crippen LogP contribution in [-0.4, -0.2) is 49.3 Å². The summed E-state index contributed by atoms with van der Waals surface area (Å²) in [6.45, 7) is 12.2. The van der Waals surface area contributed by atoms with E-state index in [1.165, 1.54) is 51.6 Å². The molecule has 3 heteroatoms. The highest BCUT2D eigenvalue weighted by molar-refractivity contribution is 5.02. The molecule has 0 amide bonds. The number of nitrogens with zero attached hydrogens (tertiary/aromatic N) is 1. The Balaban J connectivity index is 1.85. The van der Waals surface area contributed by atoms with Crippen LogP contribution in [0.25, 0.3) is 0 Å². The zero-order valence-corrected chi connectivity index (χ0v) is 13.8. The molecule has 1 aliphatic carbocycles. The third-order valence-corrected chi connectivity index (χ3v) is 5.27. The summed E-state index contributed by atoms with van der Waals surface area (Å²) in [6.07, 6.45) is 7.98.